The van der Waals surface area contributed by atoms with Crippen LogP contribution in [0.5, 0.6) is 5.75 Å². The summed E-state index contributed by atoms with van der Waals surface area (Å²) < 4.78 is 11.4. The van der Waals surface area contributed by atoms with E-state index in [9.17, 15) is 10.1 Å². The van der Waals surface area contributed by atoms with Crippen LogP contribution in [0.1, 0.15) is 12.5 Å². The summed E-state index contributed by atoms with van der Waals surface area (Å²) in [7, 11) is 0. The van der Waals surface area contributed by atoms with Crippen molar-refractivity contribution in [3.05, 3.63) is 33.9 Å². The Morgan fingerprint density at radius 1 is 1.57 bits per heavy atom. The molecule has 0 aliphatic carbocycles. The van der Waals surface area contributed by atoms with Crippen molar-refractivity contribution < 1.29 is 14.4 Å². The number of hydrogen-bond acceptors (Lipinski definition) is 6. The van der Waals surface area contributed by atoms with E-state index in [0.717, 1.165) is 19.6 Å². The summed E-state index contributed by atoms with van der Waals surface area (Å²) in [6, 6.07) is 4.48. The Morgan fingerprint density at radius 2 is 2.38 bits per heavy atom. The van der Waals surface area contributed by atoms with Crippen LogP contribution >= 0.6 is 0 Å². The topological polar surface area (TPSA) is 90.9 Å². The SMILES string of the molecule is CCN1CCOC(COc2ccc([N+](=O)[O-])cc2CN)C1. The molecular weight excluding hydrogens is 274 g/mol. The maximum absolute atomic E-state index is 10.8. The lowest BCUT2D eigenvalue weighted by molar-refractivity contribution is -0.384. The molecule has 1 heterocycles. The zero-order valence-corrected chi connectivity index (χ0v) is 12.2. The summed E-state index contributed by atoms with van der Waals surface area (Å²) >= 11 is 0. The van der Waals surface area contributed by atoms with E-state index in [4.69, 9.17) is 15.2 Å². The molecule has 116 valence electrons. The van der Waals surface area contributed by atoms with Crippen LogP contribution < -0.4 is 10.5 Å². The standard InChI is InChI=1S/C14H21N3O4/c1-2-16-5-6-20-13(9-16)10-21-14-4-3-12(17(18)19)7-11(14)8-15/h3-4,7,13H,2,5-6,8-10,15H2,1H3. The molecule has 1 atom stereocenters. The third kappa shape index (κ3) is 4.13. The van der Waals surface area contributed by atoms with Gasteiger partial charge in [-0.15, -0.1) is 0 Å². The lowest BCUT2D eigenvalue weighted by atomic mass is 10.2. The Hall–Kier alpha value is -1.70. The maximum Gasteiger partial charge on any atom is 0.270 e. The molecule has 21 heavy (non-hydrogen) atoms. The highest BCUT2D eigenvalue weighted by Crippen LogP contribution is 2.24. The van der Waals surface area contributed by atoms with E-state index in [0.29, 0.717) is 24.5 Å². The molecule has 1 aromatic carbocycles. The van der Waals surface area contributed by atoms with E-state index in [2.05, 4.69) is 11.8 Å². The Labute approximate surface area is 123 Å². The number of nitrogens with zero attached hydrogens (tertiary/aromatic N) is 2. The molecule has 1 fully saturated rings. The Morgan fingerprint density at radius 3 is 3.05 bits per heavy atom. The van der Waals surface area contributed by atoms with Gasteiger partial charge >= 0.3 is 0 Å². The van der Waals surface area contributed by atoms with Crippen LogP contribution in [-0.2, 0) is 11.3 Å². The number of rotatable bonds is 6. The monoisotopic (exact) mass is 295 g/mol. The third-order valence-electron chi connectivity index (χ3n) is 3.57. The number of benzene rings is 1. The minimum atomic E-state index is -0.438. The summed E-state index contributed by atoms with van der Waals surface area (Å²) in [6.07, 6.45) is 0.0134. The number of non-ortho nitro benzene ring substituents is 1. The average molecular weight is 295 g/mol. The van der Waals surface area contributed by atoms with Gasteiger partial charge < -0.3 is 15.2 Å². The highest BCUT2D eigenvalue weighted by atomic mass is 16.6. The number of likely N-dealkylation sites (N-methyl/N-ethyl adjacent to an activating group) is 1. The van der Waals surface area contributed by atoms with Gasteiger partial charge in [0.05, 0.1) is 11.5 Å². The van der Waals surface area contributed by atoms with E-state index in [-0.39, 0.29) is 18.3 Å². The molecule has 1 aliphatic rings. The number of nitro benzene ring substituents is 1. The van der Waals surface area contributed by atoms with Crippen molar-refractivity contribution >= 4 is 5.69 Å². The molecule has 1 aromatic rings. The van der Waals surface area contributed by atoms with Gasteiger partial charge in [-0.1, -0.05) is 6.92 Å². The van der Waals surface area contributed by atoms with Crippen LogP contribution in [0.15, 0.2) is 18.2 Å². The van der Waals surface area contributed by atoms with Crippen LogP contribution in [0, 0.1) is 10.1 Å². The minimum absolute atomic E-state index is 0.0134. The van der Waals surface area contributed by atoms with Crippen molar-refractivity contribution in [1.29, 1.82) is 0 Å². The summed E-state index contributed by atoms with van der Waals surface area (Å²) in [5.74, 6) is 0.584. The van der Waals surface area contributed by atoms with Gasteiger partial charge in [0.25, 0.3) is 5.69 Å². The highest BCUT2D eigenvalue weighted by Gasteiger charge is 2.20. The smallest absolute Gasteiger partial charge is 0.270 e. The summed E-state index contributed by atoms with van der Waals surface area (Å²) in [5.41, 5.74) is 6.28. The van der Waals surface area contributed by atoms with Crippen molar-refractivity contribution in [1.82, 2.24) is 4.90 Å². The molecular formula is C14H21N3O4. The average Bonchev–Trinajstić information content (AvgIpc) is 2.52. The summed E-state index contributed by atoms with van der Waals surface area (Å²) in [4.78, 5) is 12.6. The lowest BCUT2D eigenvalue weighted by Crippen LogP contribution is -2.44. The number of nitro groups is 1. The molecule has 2 N–H and O–H groups in total. The fourth-order valence-electron chi connectivity index (χ4n) is 2.33. The zero-order chi connectivity index (χ0) is 15.2. The van der Waals surface area contributed by atoms with E-state index < -0.39 is 4.92 Å². The fraction of sp³-hybridized carbons (Fsp3) is 0.571. The van der Waals surface area contributed by atoms with E-state index in [1.807, 2.05) is 0 Å². The van der Waals surface area contributed by atoms with Gasteiger partial charge in [0.15, 0.2) is 0 Å². The van der Waals surface area contributed by atoms with Crippen molar-refractivity contribution in [2.24, 2.45) is 5.73 Å². The molecule has 1 aliphatic heterocycles. The van der Waals surface area contributed by atoms with Crippen molar-refractivity contribution in [2.75, 3.05) is 32.8 Å². The van der Waals surface area contributed by atoms with Gasteiger partial charge in [0.1, 0.15) is 18.5 Å². The van der Waals surface area contributed by atoms with E-state index in [1.165, 1.54) is 12.1 Å². The molecule has 1 saturated heterocycles. The van der Waals surface area contributed by atoms with Crippen molar-refractivity contribution in [2.45, 2.75) is 19.6 Å². The molecule has 7 nitrogen and oxygen atoms in total. The maximum atomic E-state index is 10.8. The Bertz CT molecular complexity index is 495. The number of nitrogens with two attached hydrogens (primary N) is 1. The first-order valence-corrected chi connectivity index (χ1v) is 7.08. The van der Waals surface area contributed by atoms with Crippen LogP contribution in [-0.4, -0.2) is 48.8 Å². The Kier molecular flexibility index (Phi) is 5.49. The molecule has 0 spiro atoms. The summed E-state index contributed by atoms with van der Waals surface area (Å²) in [6.45, 7) is 6.20. The Balaban J connectivity index is 1.97. The quantitative estimate of drug-likeness (QED) is 0.625. The first-order chi connectivity index (χ1) is 10.1. The molecule has 0 amide bonds. The summed E-state index contributed by atoms with van der Waals surface area (Å²) in [5, 5.41) is 10.8. The van der Waals surface area contributed by atoms with Crippen LogP contribution in [0.3, 0.4) is 0 Å². The predicted octanol–water partition coefficient (Wildman–Crippen LogP) is 1.15. The zero-order valence-electron chi connectivity index (χ0n) is 12.2. The van der Waals surface area contributed by atoms with Gasteiger partial charge in [-0.3, -0.25) is 15.0 Å². The second-order valence-corrected chi connectivity index (χ2v) is 4.95. The van der Waals surface area contributed by atoms with Crippen LogP contribution in [0.2, 0.25) is 0 Å². The van der Waals surface area contributed by atoms with E-state index in [1.54, 1.807) is 6.07 Å². The van der Waals surface area contributed by atoms with Gasteiger partial charge in [-0.05, 0) is 12.6 Å². The molecule has 2 rings (SSSR count). The van der Waals surface area contributed by atoms with E-state index >= 15 is 0 Å². The normalized spacial score (nSPS) is 19.4. The fourth-order valence-corrected chi connectivity index (χ4v) is 2.33. The third-order valence-corrected chi connectivity index (χ3v) is 3.57. The highest BCUT2D eigenvalue weighted by molar-refractivity contribution is 5.43. The molecule has 0 bridgehead atoms. The first kappa shape index (κ1) is 15.7. The largest absolute Gasteiger partial charge is 0.490 e. The second kappa shape index (κ2) is 7.35. The molecule has 0 aromatic heterocycles. The molecule has 1 unspecified atom stereocenters. The van der Waals surface area contributed by atoms with Gasteiger partial charge in [0, 0.05) is 37.3 Å². The van der Waals surface area contributed by atoms with Crippen LogP contribution in [0.25, 0.3) is 0 Å². The van der Waals surface area contributed by atoms with Crippen molar-refractivity contribution in [3.63, 3.8) is 0 Å². The van der Waals surface area contributed by atoms with Gasteiger partial charge in [-0.25, -0.2) is 0 Å². The number of hydrogen-bond donors (Lipinski definition) is 1. The predicted molar refractivity (Wildman–Crippen MR) is 78.3 cm³/mol. The molecule has 0 saturated carbocycles. The minimum Gasteiger partial charge on any atom is -0.490 e. The van der Waals surface area contributed by atoms with Gasteiger partial charge in [-0.2, -0.15) is 0 Å². The number of ether oxygens (including phenoxy) is 2. The van der Waals surface area contributed by atoms with Crippen LogP contribution in [0.4, 0.5) is 5.69 Å². The lowest BCUT2D eigenvalue weighted by Gasteiger charge is -2.32. The van der Waals surface area contributed by atoms with Gasteiger partial charge in [0.2, 0.25) is 0 Å². The molecule has 0 radical (unpaired) electrons. The molecule has 7 heteroatoms. The first-order valence-electron chi connectivity index (χ1n) is 7.08. The second-order valence-electron chi connectivity index (χ2n) is 4.95. The number of morpholine rings is 1. The van der Waals surface area contributed by atoms with Crippen molar-refractivity contribution in [3.8, 4) is 5.75 Å².